The summed E-state index contributed by atoms with van der Waals surface area (Å²) in [4.78, 5) is -0.367. The van der Waals surface area contributed by atoms with Crippen LogP contribution in [0.5, 0.6) is 11.5 Å². The monoisotopic (exact) mass is 317 g/mol. The lowest BCUT2D eigenvalue weighted by molar-refractivity contribution is 0.267. The maximum Gasteiger partial charge on any atom is 0.246 e. The van der Waals surface area contributed by atoms with Crippen LogP contribution in [0.4, 0.5) is 4.39 Å². The molecule has 1 aliphatic rings. The van der Waals surface area contributed by atoms with Gasteiger partial charge in [-0.05, 0) is 19.8 Å². The average Bonchev–Trinajstić information content (AvgIpc) is 2.46. The summed E-state index contributed by atoms with van der Waals surface area (Å²) in [7, 11) is -1.12. The molecule has 0 radical (unpaired) electrons. The molecule has 1 saturated heterocycles. The Hall–Kier alpha value is -1.34. The first-order valence-corrected chi connectivity index (χ1v) is 8.29. The van der Waals surface area contributed by atoms with E-state index in [4.69, 9.17) is 9.47 Å². The van der Waals surface area contributed by atoms with Crippen molar-refractivity contribution in [3.05, 3.63) is 17.9 Å². The molecule has 1 heterocycles. The molecule has 1 fully saturated rings. The number of ether oxygens (including phenoxy) is 2. The van der Waals surface area contributed by atoms with E-state index in [2.05, 4.69) is 0 Å². The zero-order valence-corrected chi connectivity index (χ0v) is 13.2. The maximum absolute atomic E-state index is 14.2. The Bertz CT molecular complexity index is 618. The number of hydrogen-bond acceptors (Lipinski definition) is 4. The molecule has 0 aromatic heterocycles. The number of benzene rings is 1. The van der Waals surface area contributed by atoms with Gasteiger partial charge in [-0.3, -0.25) is 0 Å². The van der Waals surface area contributed by atoms with Gasteiger partial charge in [-0.15, -0.1) is 0 Å². The van der Waals surface area contributed by atoms with Crippen LogP contribution in [0.25, 0.3) is 0 Å². The van der Waals surface area contributed by atoms with Gasteiger partial charge in [0.15, 0.2) is 11.5 Å². The number of nitrogens with zero attached hydrogens (tertiary/aromatic N) is 1. The van der Waals surface area contributed by atoms with E-state index in [1.807, 2.05) is 6.92 Å². The standard InChI is InChI=1S/C14H20FNO4S/c1-10-6-4-5-7-16(10)21(17,18)14-9-13(20-3)12(19-2)8-11(14)15/h8-10H,4-7H2,1-3H3/t10-/m1/s1. The minimum atomic E-state index is -3.88. The van der Waals surface area contributed by atoms with E-state index >= 15 is 0 Å². The summed E-state index contributed by atoms with van der Waals surface area (Å²) in [5.41, 5.74) is 0. The van der Waals surface area contributed by atoms with E-state index in [1.54, 1.807) is 0 Å². The number of methoxy groups -OCH3 is 2. The summed E-state index contributed by atoms with van der Waals surface area (Å²) in [6.07, 6.45) is 2.56. The van der Waals surface area contributed by atoms with Gasteiger partial charge in [-0.2, -0.15) is 4.31 Å². The molecule has 0 saturated carbocycles. The fourth-order valence-corrected chi connectivity index (χ4v) is 4.35. The molecule has 0 N–H and O–H groups in total. The van der Waals surface area contributed by atoms with Crippen molar-refractivity contribution < 1.29 is 22.3 Å². The molecule has 1 atom stereocenters. The topological polar surface area (TPSA) is 55.8 Å². The molecule has 21 heavy (non-hydrogen) atoms. The van der Waals surface area contributed by atoms with Crippen LogP contribution in [0.1, 0.15) is 26.2 Å². The SMILES string of the molecule is COc1cc(F)c(S(=O)(=O)N2CCCC[C@H]2C)cc1OC. The van der Waals surface area contributed by atoms with Gasteiger partial charge in [0.1, 0.15) is 10.7 Å². The van der Waals surface area contributed by atoms with Crippen molar-refractivity contribution in [1.29, 1.82) is 0 Å². The molecule has 118 valence electrons. The van der Waals surface area contributed by atoms with Gasteiger partial charge in [-0.1, -0.05) is 6.42 Å². The molecule has 0 amide bonds. The minimum absolute atomic E-state index is 0.128. The summed E-state index contributed by atoms with van der Waals surface area (Å²) >= 11 is 0. The van der Waals surface area contributed by atoms with Gasteiger partial charge in [0.05, 0.1) is 14.2 Å². The largest absolute Gasteiger partial charge is 0.493 e. The fourth-order valence-electron chi connectivity index (χ4n) is 2.59. The van der Waals surface area contributed by atoms with Gasteiger partial charge in [0.2, 0.25) is 10.0 Å². The van der Waals surface area contributed by atoms with E-state index in [9.17, 15) is 12.8 Å². The van der Waals surface area contributed by atoms with Crippen molar-refractivity contribution in [2.75, 3.05) is 20.8 Å². The lowest BCUT2D eigenvalue weighted by Gasteiger charge is -2.32. The van der Waals surface area contributed by atoms with Crippen molar-refractivity contribution in [1.82, 2.24) is 4.31 Å². The Balaban J connectivity index is 2.49. The van der Waals surface area contributed by atoms with Crippen LogP contribution in [0.3, 0.4) is 0 Å². The second kappa shape index (κ2) is 6.19. The second-order valence-electron chi connectivity index (χ2n) is 5.10. The van der Waals surface area contributed by atoms with Crippen LogP contribution >= 0.6 is 0 Å². The molecule has 5 nitrogen and oxygen atoms in total. The van der Waals surface area contributed by atoms with Crippen LogP contribution in [0.2, 0.25) is 0 Å². The maximum atomic E-state index is 14.2. The first kappa shape index (κ1) is 16.0. The lowest BCUT2D eigenvalue weighted by Crippen LogP contribution is -2.42. The normalized spacial score (nSPS) is 20.3. The third-order valence-electron chi connectivity index (χ3n) is 3.77. The van der Waals surface area contributed by atoms with Crippen molar-refractivity contribution in [2.45, 2.75) is 37.1 Å². The highest BCUT2D eigenvalue weighted by Gasteiger charge is 2.33. The summed E-state index contributed by atoms with van der Waals surface area (Å²) < 4.78 is 50.9. The van der Waals surface area contributed by atoms with Crippen molar-refractivity contribution in [2.24, 2.45) is 0 Å². The molecule has 0 unspecified atom stereocenters. The molecule has 0 aliphatic carbocycles. The molecule has 0 spiro atoms. The molecular weight excluding hydrogens is 297 g/mol. The van der Waals surface area contributed by atoms with E-state index in [0.29, 0.717) is 6.54 Å². The average molecular weight is 317 g/mol. The van der Waals surface area contributed by atoms with Crippen LogP contribution < -0.4 is 9.47 Å². The van der Waals surface area contributed by atoms with Gasteiger partial charge >= 0.3 is 0 Å². The van der Waals surface area contributed by atoms with E-state index in [0.717, 1.165) is 25.3 Å². The molecule has 2 rings (SSSR count). The van der Waals surface area contributed by atoms with Crippen LogP contribution in [-0.4, -0.2) is 39.5 Å². The predicted octanol–water partition coefficient (Wildman–Crippen LogP) is 2.41. The fraction of sp³-hybridized carbons (Fsp3) is 0.571. The lowest BCUT2D eigenvalue weighted by atomic mass is 10.1. The van der Waals surface area contributed by atoms with Gasteiger partial charge in [-0.25, -0.2) is 12.8 Å². The number of rotatable bonds is 4. The second-order valence-corrected chi connectivity index (χ2v) is 6.96. The summed E-state index contributed by atoms with van der Waals surface area (Å²) in [5.74, 6) is -0.465. The zero-order chi connectivity index (χ0) is 15.6. The number of sulfonamides is 1. The van der Waals surface area contributed by atoms with E-state index in [1.165, 1.54) is 24.6 Å². The number of halogens is 1. The first-order chi connectivity index (χ1) is 9.91. The first-order valence-electron chi connectivity index (χ1n) is 6.85. The third-order valence-corrected chi connectivity index (χ3v) is 5.80. The Kier molecular flexibility index (Phi) is 4.73. The smallest absolute Gasteiger partial charge is 0.246 e. The highest BCUT2D eigenvalue weighted by Crippen LogP contribution is 2.34. The Morgan fingerprint density at radius 2 is 1.81 bits per heavy atom. The van der Waals surface area contributed by atoms with Crippen LogP contribution in [0, 0.1) is 5.82 Å². The highest BCUT2D eigenvalue weighted by atomic mass is 32.2. The van der Waals surface area contributed by atoms with Gasteiger partial charge in [0.25, 0.3) is 0 Å². The zero-order valence-electron chi connectivity index (χ0n) is 12.4. The predicted molar refractivity (Wildman–Crippen MR) is 76.7 cm³/mol. The Morgan fingerprint density at radius 1 is 1.19 bits per heavy atom. The minimum Gasteiger partial charge on any atom is -0.493 e. The number of hydrogen-bond donors (Lipinski definition) is 0. The Morgan fingerprint density at radius 3 is 2.38 bits per heavy atom. The molecule has 1 aromatic rings. The van der Waals surface area contributed by atoms with Gasteiger partial charge in [0, 0.05) is 24.7 Å². The molecule has 7 heteroatoms. The summed E-state index contributed by atoms with van der Waals surface area (Å²) in [6.45, 7) is 2.26. The van der Waals surface area contributed by atoms with Gasteiger partial charge < -0.3 is 9.47 Å². The molecular formula is C14H20FNO4S. The van der Waals surface area contributed by atoms with Crippen molar-refractivity contribution in [3.8, 4) is 11.5 Å². The quantitative estimate of drug-likeness (QED) is 0.856. The van der Waals surface area contributed by atoms with Crippen molar-refractivity contribution >= 4 is 10.0 Å². The molecule has 1 aromatic carbocycles. The highest BCUT2D eigenvalue weighted by molar-refractivity contribution is 7.89. The van der Waals surface area contributed by atoms with Crippen LogP contribution in [-0.2, 0) is 10.0 Å². The van der Waals surface area contributed by atoms with Crippen LogP contribution in [0.15, 0.2) is 17.0 Å². The van der Waals surface area contributed by atoms with Crippen molar-refractivity contribution in [3.63, 3.8) is 0 Å². The number of piperidine rings is 1. The third kappa shape index (κ3) is 2.98. The van der Waals surface area contributed by atoms with E-state index in [-0.39, 0.29) is 22.4 Å². The Labute approximate surface area is 124 Å². The van der Waals surface area contributed by atoms with E-state index < -0.39 is 15.8 Å². The summed E-state index contributed by atoms with van der Waals surface area (Å²) in [6, 6.07) is 2.10. The summed E-state index contributed by atoms with van der Waals surface area (Å²) in [5, 5.41) is 0. The molecule has 0 bridgehead atoms. The molecule has 1 aliphatic heterocycles.